The van der Waals surface area contributed by atoms with E-state index in [-0.39, 0.29) is 11.6 Å². The van der Waals surface area contributed by atoms with Crippen LogP contribution in [0.15, 0.2) is 51.5 Å². The standard InChI is InChI=1S/C19H16BrN3O3/c1-11-4-6-15(8-12(11)2)22-19(24)16(13(3)21-22)9-14-5-7-17(20)18(10-14)23(25)26/h4-10H,1-3H3/b16-9-. The van der Waals surface area contributed by atoms with Crippen LogP contribution in [0.25, 0.3) is 6.08 Å². The Hall–Kier alpha value is -2.80. The fourth-order valence-electron chi connectivity index (χ4n) is 2.64. The first-order valence-corrected chi connectivity index (χ1v) is 8.70. The van der Waals surface area contributed by atoms with Gasteiger partial charge in [-0.1, -0.05) is 12.1 Å². The highest BCUT2D eigenvalue weighted by Gasteiger charge is 2.29. The third-order valence-electron chi connectivity index (χ3n) is 4.28. The molecule has 0 saturated carbocycles. The van der Waals surface area contributed by atoms with E-state index >= 15 is 0 Å². The summed E-state index contributed by atoms with van der Waals surface area (Å²) in [5.74, 6) is -0.253. The van der Waals surface area contributed by atoms with Gasteiger partial charge in [0.2, 0.25) is 0 Å². The average Bonchev–Trinajstić information content (AvgIpc) is 2.87. The molecule has 1 aliphatic rings. The van der Waals surface area contributed by atoms with Crippen LogP contribution < -0.4 is 5.01 Å². The van der Waals surface area contributed by atoms with Crippen molar-refractivity contribution in [2.45, 2.75) is 20.8 Å². The minimum Gasteiger partial charge on any atom is -0.267 e. The second-order valence-corrected chi connectivity index (χ2v) is 6.95. The van der Waals surface area contributed by atoms with Crippen molar-refractivity contribution < 1.29 is 9.72 Å². The molecular weight excluding hydrogens is 398 g/mol. The number of nitro benzene ring substituents is 1. The summed E-state index contributed by atoms with van der Waals surface area (Å²) in [5, 5.41) is 16.8. The lowest BCUT2D eigenvalue weighted by Gasteiger charge is -2.13. The predicted molar refractivity (Wildman–Crippen MR) is 105 cm³/mol. The van der Waals surface area contributed by atoms with Gasteiger partial charge in [-0.2, -0.15) is 10.1 Å². The summed E-state index contributed by atoms with van der Waals surface area (Å²) in [6.45, 7) is 5.73. The van der Waals surface area contributed by atoms with Crippen molar-refractivity contribution in [2.24, 2.45) is 5.10 Å². The highest BCUT2D eigenvalue weighted by Crippen LogP contribution is 2.29. The molecule has 6 nitrogen and oxygen atoms in total. The third kappa shape index (κ3) is 3.30. The normalized spacial score (nSPS) is 15.5. The maximum Gasteiger partial charge on any atom is 0.284 e. The molecule has 2 aromatic carbocycles. The van der Waals surface area contributed by atoms with Crippen LogP contribution in [0.1, 0.15) is 23.6 Å². The lowest BCUT2D eigenvalue weighted by molar-refractivity contribution is -0.385. The Morgan fingerprint density at radius 3 is 2.50 bits per heavy atom. The number of hydrogen-bond acceptors (Lipinski definition) is 4. The Labute approximate surface area is 159 Å². The Balaban J connectivity index is 1.97. The van der Waals surface area contributed by atoms with Gasteiger partial charge in [0.1, 0.15) is 0 Å². The third-order valence-corrected chi connectivity index (χ3v) is 4.95. The number of halogens is 1. The molecular formula is C19H16BrN3O3. The van der Waals surface area contributed by atoms with Gasteiger partial charge in [0.05, 0.1) is 26.4 Å². The Bertz CT molecular complexity index is 996. The van der Waals surface area contributed by atoms with E-state index < -0.39 is 4.92 Å². The van der Waals surface area contributed by atoms with Crippen LogP contribution >= 0.6 is 15.9 Å². The van der Waals surface area contributed by atoms with E-state index in [0.29, 0.717) is 27.0 Å². The van der Waals surface area contributed by atoms with E-state index in [1.807, 2.05) is 32.0 Å². The number of nitro groups is 1. The molecule has 1 amide bonds. The molecule has 1 heterocycles. The number of nitrogens with zero attached hydrogens (tertiary/aromatic N) is 3. The van der Waals surface area contributed by atoms with Gasteiger partial charge in [0.15, 0.2) is 0 Å². The van der Waals surface area contributed by atoms with Crippen LogP contribution in [0, 0.1) is 24.0 Å². The number of rotatable bonds is 3. The number of carbonyl (C=O) groups is 1. The Morgan fingerprint density at radius 2 is 1.85 bits per heavy atom. The van der Waals surface area contributed by atoms with Crippen LogP contribution in [0.3, 0.4) is 0 Å². The largest absolute Gasteiger partial charge is 0.284 e. The molecule has 0 N–H and O–H groups in total. The van der Waals surface area contributed by atoms with Gasteiger partial charge in [-0.05, 0) is 77.7 Å². The molecule has 0 bridgehead atoms. The molecule has 132 valence electrons. The number of hydrazone groups is 1. The van der Waals surface area contributed by atoms with Gasteiger partial charge in [-0.3, -0.25) is 14.9 Å². The number of hydrogen-bond donors (Lipinski definition) is 0. The molecule has 0 saturated heterocycles. The first kappa shape index (κ1) is 18.0. The van der Waals surface area contributed by atoms with E-state index in [2.05, 4.69) is 21.0 Å². The number of aryl methyl sites for hydroxylation is 2. The first-order chi connectivity index (χ1) is 12.3. The van der Waals surface area contributed by atoms with Gasteiger partial charge in [0.25, 0.3) is 11.6 Å². The van der Waals surface area contributed by atoms with Gasteiger partial charge in [-0.25, -0.2) is 0 Å². The molecule has 1 aliphatic heterocycles. The van der Waals surface area contributed by atoms with E-state index in [9.17, 15) is 14.9 Å². The summed E-state index contributed by atoms with van der Waals surface area (Å²) >= 11 is 3.16. The van der Waals surface area contributed by atoms with E-state index in [0.717, 1.165) is 11.1 Å². The first-order valence-electron chi connectivity index (χ1n) is 7.91. The van der Waals surface area contributed by atoms with Crippen molar-refractivity contribution in [1.82, 2.24) is 0 Å². The molecule has 0 aromatic heterocycles. The molecule has 0 aliphatic carbocycles. The molecule has 3 rings (SSSR count). The molecule has 0 radical (unpaired) electrons. The molecule has 2 aromatic rings. The average molecular weight is 414 g/mol. The Morgan fingerprint density at radius 1 is 1.12 bits per heavy atom. The highest BCUT2D eigenvalue weighted by atomic mass is 79.9. The zero-order valence-corrected chi connectivity index (χ0v) is 16.1. The number of carbonyl (C=O) groups excluding carboxylic acids is 1. The Kier molecular flexibility index (Phi) is 4.73. The van der Waals surface area contributed by atoms with Gasteiger partial charge in [0, 0.05) is 6.07 Å². The molecule has 0 spiro atoms. The van der Waals surface area contributed by atoms with Gasteiger partial charge < -0.3 is 0 Å². The van der Waals surface area contributed by atoms with Gasteiger partial charge >= 0.3 is 0 Å². The van der Waals surface area contributed by atoms with Crippen molar-refractivity contribution >= 4 is 45.0 Å². The molecule has 0 fully saturated rings. The zero-order chi connectivity index (χ0) is 19.0. The van der Waals surface area contributed by atoms with E-state index in [1.54, 1.807) is 25.1 Å². The predicted octanol–water partition coefficient (Wildman–Crippen LogP) is 4.78. The quantitative estimate of drug-likeness (QED) is 0.412. The fraction of sp³-hybridized carbons (Fsp3) is 0.158. The molecule has 26 heavy (non-hydrogen) atoms. The van der Waals surface area contributed by atoms with Crippen LogP contribution in [-0.2, 0) is 4.79 Å². The monoisotopic (exact) mass is 413 g/mol. The van der Waals surface area contributed by atoms with Crippen molar-refractivity contribution in [2.75, 3.05) is 5.01 Å². The summed E-state index contributed by atoms with van der Waals surface area (Å²) in [6.07, 6.45) is 1.63. The SMILES string of the molecule is CC1=NN(c2ccc(C)c(C)c2)C(=O)/C1=C\c1ccc(Br)c([N+](=O)[O-])c1. The lowest BCUT2D eigenvalue weighted by Crippen LogP contribution is -2.21. The lowest BCUT2D eigenvalue weighted by atomic mass is 10.1. The molecule has 0 atom stereocenters. The summed E-state index contributed by atoms with van der Waals surface area (Å²) in [5.41, 5.74) is 4.41. The second kappa shape index (κ2) is 6.84. The summed E-state index contributed by atoms with van der Waals surface area (Å²) in [6, 6.07) is 10.4. The van der Waals surface area contributed by atoms with Crippen molar-refractivity contribution in [1.29, 1.82) is 0 Å². The minimum atomic E-state index is -0.467. The highest BCUT2D eigenvalue weighted by molar-refractivity contribution is 9.10. The number of anilines is 1. The van der Waals surface area contributed by atoms with Crippen LogP contribution in [0.4, 0.5) is 11.4 Å². The minimum absolute atomic E-state index is 0.0506. The van der Waals surface area contributed by atoms with Crippen molar-refractivity contribution in [3.05, 3.63) is 73.2 Å². The summed E-state index contributed by atoms with van der Waals surface area (Å²) in [4.78, 5) is 23.4. The van der Waals surface area contributed by atoms with Crippen LogP contribution in [-0.4, -0.2) is 16.5 Å². The molecule has 7 heteroatoms. The van der Waals surface area contributed by atoms with Crippen molar-refractivity contribution in [3.63, 3.8) is 0 Å². The van der Waals surface area contributed by atoms with Crippen molar-refractivity contribution in [3.8, 4) is 0 Å². The summed E-state index contributed by atoms with van der Waals surface area (Å²) < 4.78 is 0.393. The fourth-order valence-corrected chi connectivity index (χ4v) is 3.03. The smallest absolute Gasteiger partial charge is 0.267 e. The van der Waals surface area contributed by atoms with Crippen LogP contribution in [0.2, 0.25) is 0 Å². The van der Waals surface area contributed by atoms with E-state index in [4.69, 9.17) is 0 Å². The maximum atomic E-state index is 12.8. The summed E-state index contributed by atoms with van der Waals surface area (Å²) in [7, 11) is 0. The zero-order valence-electron chi connectivity index (χ0n) is 14.5. The maximum absolute atomic E-state index is 12.8. The van der Waals surface area contributed by atoms with Crippen LogP contribution in [0.5, 0.6) is 0 Å². The number of benzene rings is 2. The second-order valence-electron chi connectivity index (χ2n) is 6.10. The topological polar surface area (TPSA) is 75.8 Å². The number of amides is 1. The van der Waals surface area contributed by atoms with Gasteiger partial charge in [-0.15, -0.1) is 0 Å². The van der Waals surface area contributed by atoms with E-state index in [1.165, 1.54) is 11.1 Å². The molecule has 0 unspecified atom stereocenters.